The Hall–Kier alpha value is -1.79. The molecule has 3 aromatic carbocycles. The van der Waals surface area contributed by atoms with Gasteiger partial charge in [0.2, 0.25) is 0 Å². The number of allylic oxidation sites excluding steroid dienone is 6. The molecule has 0 radical (unpaired) electrons. The molecule has 0 amide bonds. The van der Waals surface area contributed by atoms with Crippen LogP contribution in [-0.4, -0.2) is 3.21 Å². The van der Waals surface area contributed by atoms with Crippen molar-refractivity contribution in [2.24, 2.45) is 27.6 Å². The minimum Gasteiger partial charge on any atom is -1.00 e. The molecule has 0 nitrogen and oxygen atoms in total. The summed E-state index contributed by atoms with van der Waals surface area (Å²) in [6.45, 7) is 31.3. The first kappa shape index (κ1) is 43.6. The molecule has 0 aliphatic heterocycles. The normalized spacial score (nSPS) is 23.1. The SMILES string of the molecule is CC[C](=[Zr+2])c1ccccc1.C[C-]1C2=C3Cc4ccccc4C3=C3C=CCCC3C2(C)C(C)(C)C(C)(C)C1(C)C.Cc1cc(C(C)(C)C)c[cH-]1.[Cl-].[Cl-]. The quantitative estimate of drug-likeness (QED) is 0.242. The molecule has 0 aromatic heterocycles. The monoisotopic (exact) mass is 798 g/mol. The fourth-order valence-corrected chi connectivity index (χ4v) is 9.85. The molecule has 0 heterocycles. The van der Waals surface area contributed by atoms with E-state index in [-0.39, 0.29) is 46.5 Å². The number of benzene rings is 2. The van der Waals surface area contributed by atoms with Crippen molar-refractivity contribution in [2.45, 2.75) is 121 Å². The van der Waals surface area contributed by atoms with Crippen LogP contribution in [0.5, 0.6) is 0 Å². The van der Waals surface area contributed by atoms with Gasteiger partial charge in [-0.25, -0.2) is 12.0 Å². The molecule has 0 N–H and O–H groups in total. The van der Waals surface area contributed by atoms with Gasteiger partial charge in [-0.1, -0.05) is 147 Å². The molecule has 4 aliphatic carbocycles. The van der Waals surface area contributed by atoms with Crippen LogP contribution in [0.1, 0.15) is 130 Å². The second-order valence-electron chi connectivity index (χ2n) is 17.9. The maximum Gasteiger partial charge on any atom is -0.00969 e. The van der Waals surface area contributed by atoms with Crippen LogP contribution in [0.3, 0.4) is 0 Å². The Morgan fingerprint density at radius 2 is 1.51 bits per heavy atom. The van der Waals surface area contributed by atoms with Crippen LogP contribution in [0.15, 0.2) is 102 Å². The molecule has 4 aliphatic rings. The van der Waals surface area contributed by atoms with Gasteiger partial charge in [0.15, 0.2) is 0 Å². The van der Waals surface area contributed by atoms with E-state index in [2.05, 4.69) is 175 Å². The summed E-state index contributed by atoms with van der Waals surface area (Å²) >= 11 is 1.54. The summed E-state index contributed by atoms with van der Waals surface area (Å²) in [4.78, 5) is 0. The molecule has 2 unspecified atom stereocenters. The van der Waals surface area contributed by atoms with Crippen molar-refractivity contribution in [3.63, 3.8) is 0 Å². The summed E-state index contributed by atoms with van der Waals surface area (Å²) in [5, 5.41) is 0. The van der Waals surface area contributed by atoms with E-state index in [9.17, 15) is 0 Å². The molecule has 0 bridgehead atoms. The third-order valence-corrected chi connectivity index (χ3v) is 15.6. The summed E-state index contributed by atoms with van der Waals surface area (Å²) in [5.74, 6) is 2.24. The topological polar surface area (TPSA) is 0 Å². The van der Waals surface area contributed by atoms with Gasteiger partial charge in [0.05, 0.1) is 0 Å². The average molecular weight is 801 g/mol. The van der Waals surface area contributed by atoms with E-state index in [4.69, 9.17) is 0 Å². The summed E-state index contributed by atoms with van der Waals surface area (Å²) in [6, 6.07) is 26.4. The third-order valence-electron chi connectivity index (χ3n) is 14.0. The molecular formula is C48H62Cl2Zr-2. The van der Waals surface area contributed by atoms with E-state index in [0.717, 1.165) is 6.42 Å². The number of rotatable bonds is 2. The standard InChI is InChI=1S/C29H37.C10H15.C9H10.2ClH.Zr/c1-18-25-22-17-19-13-9-10-14-20(19)24(22)21-15-11-12-16-23(21)29(25,8)28(6,7)27(4,5)26(18,2)3;1-8-5-6-9(7-8)10(2,3)4;1-2-6-9-7-4-3-5-8-9;;;/h9-11,13-15,23H,12,16-17H2,1-8H3;5-7H,1-4H3;3-5,7-8H,2H2,1H3;2*1H;/q2*-1;;;;+2/p-2. The minimum atomic E-state index is 0. The van der Waals surface area contributed by atoms with E-state index >= 15 is 0 Å². The first-order valence-corrected chi connectivity index (χ1v) is 20.0. The average Bonchev–Trinajstić information content (AvgIpc) is 3.68. The van der Waals surface area contributed by atoms with Gasteiger partial charge in [-0.2, -0.15) is 34.4 Å². The van der Waals surface area contributed by atoms with E-state index < -0.39 is 0 Å². The first-order chi connectivity index (χ1) is 22.8. The van der Waals surface area contributed by atoms with E-state index in [0.29, 0.717) is 11.3 Å². The van der Waals surface area contributed by atoms with Gasteiger partial charge >= 0.3 is 76.7 Å². The second-order valence-corrected chi connectivity index (χ2v) is 19.4. The zero-order chi connectivity index (χ0) is 36.2. The van der Waals surface area contributed by atoms with Crippen LogP contribution < -0.4 is 24.8 Å². The van der Waals surface area contributed by atoms with Crippen molar-refractivity contribution in [1.82, 2.24) is 0 Å². The minimum absolute atomic E-state index is 0. The van der Waals surface area contributed by atoms with Gasteiger partial charge in [-0.05, 0) is 40.6 Å². The van der Waals surface area contributed by atoms with E-state index in [1.165, 1.54) is 71.3 Å². The molecule has 3 heteroatoms. The Morgan fingerprint density at radius 1 is 0.902 bits per heavy atom. The fraction of sp³-hybridized carbons (Fsp3) is 0.479. The number of aryl methyl sites for hydroxylation is 1. The van der Waals surface area contributed by atoms with E-state index in [1.54, 1.807) is 31.4 Å². The number of hydrogen-bond donors (Lipinski definition) is 0. The number of halogens is 2. The zero-order valence-corrected chi connectivity index (χ0v) is 37.7. The van der Waals surface area contributed by atoms with Crippen LogP contribution in [0.2, 0.25) is 0 Å². The summed E-state index contributed by atoms with van der Waals surface area (Å²) in [6.07, 6.45) is 9.68. The van der Waals surface area contributed by atoms with Gasteiger partial charge in [-0.3, -0.25) is 0 Å². The van der Waals surface area contributed by atoms with Crippen molar-refractivity contribution in [1.29, 1.82) is 0 Å². The maximum atomic E-state index is 2.62. The molecule has 7 rings (SSSR count). The Balaban J connectivity index is 0.000000263. The van der Waals surface area contributed by atoms with Gasteiger partial charge in [0, 0.05) is 0 Å². The molecule has 1 saturated carbocycles. The fourth-order valence-electron chi connectivity index (χ4n) is 9.44. The van der Waals surface area contributed by atoms with Crippen molar-refractivity contribution in [2.75, 3.05) is 0 Å². The molecule has 2 atom stereocenters. The number of fused-ring (bicyclic) bond motifs is 6. The smallest absolute Gasteiger partial charge is 0.00969 e. The molecule has 3 aromatic rings. The number of hydrogen-bond acceptors (Lipinski definition) is 0. The predicted molar refractivity (Wildman–Crippen MR) is 211 cm³/mol. The van der Waals surface area contributed by atoms with Crippen LogP contribution in [-0.2, 0) is 36.1 Å². The molecule has 1 fully saturated rings. The molecule has 0 spiro atoms. The summed E-state index contributed by atoms with van der Waals surface area (Å²) < 4.78 is 1.55. The van der Waals surface area contributed by atoms with Crippen molar-refractivity contribution in [3.05, 3.63) is 135 Å². The Morgan fingerprint density at radius 3 is 2.06 bits per heavy atom. The Kier molecular flexibility index (Phi) is 13.6. The van der Waals surface area contributed by atoms with Crippen LogP contribution in [0.4, 0.5) is 0 Å². The first-order valence-electron chi connectivity index (χ1n) is 18.8. The van der Waals surface area contributed by atoms with Gasteiger partial charge in [0.25, 0.3) is 0 Å². The maximum absolute atomic E-state index is 2.62. The molecular weight excluding hydrogens is 739 g/mol. The molecule has 274 valence electrons. The summed E-state index contributed by atoms with van der Waals surface area (Å²) in [7, 11) is 0. The predicted octanol–water partition coefficient (Wildman–Crippen LogP) is 7.15. The van der Waals surface area contributed by atoms with Gasteiger partial charge in [0.1, 0.15) is 0 Å². The van der Waals surface area contributed by atoms with Crippen LogP contribution in [0.25, 0.3) is 5.57 Å². The van der Waals surface area contributed by atoms with E-state index in [1.807, 2.05) is 0 Å². The third kappa shape index (κ3) is 7.37. The summed E-state index contributed by atoms with van der Waals surface area (Å²) in [5.41, 5.74) is 14.8. The van der Waals surface area contributed by atoms with Gasteiger partial charge in [-0.15, -0.1) is 6.92 Å². The largest absolute Gasteiger partial charge is 1.00 e. The Bertz CT molecular complexity index is 1790. The van der Waals surface area contributed by atoms with Crippen LogP contribution in [0, 0.1) is 40.4 Å². The second kappa shape index (κ2) is 15.9. The van der Waals surface area contributed by atoms with Crippen molar-refractivity contribution >= 4 is 8.78 Å². The van der Waals surface area contributed by atoms with Gasteiger partial charge < -0.3 is 24.8 Å². The van der Waals surface area contributed by atoms with Crippen molar-refractivity contribution in [3.8, 4) is 0 Å². The Labute approximate surface area is 339 Å². The van der Waals surface area contributed by atoms with Crippen molar-refractivity contribution < 1.29 is 49.0 Å². The molecule has 0 saturated heterocycles. The molecule has 51 heavy (non-hydrogen) atoms. The zero-order valence-electron chi connectivity index (χ0n) is 33.7. The van der Waals surface area contributed by atoms with Crippen LogP contribution >= 0.6 is 0 Å².